The van der Waals surface area contributed by atoms with E-state index in [9.17, 15) is 33.9 Å². The number of aromatic nitrogens is 2. The lowest BCUT2D eigenvalue weighted by molar-refractivity contribution is -0.139. The van der Waals surface area contributed by atoms with Gasteiger partial charge in [-0.25, -0.2) is 28.7 Å². The molecule has 0 radical (unpaired) electrons. The minimum Gasteiger partial charge on any atom is -0.480 e. The maximum Gasteiger partial charge on any atom is 0.421 e. The van der Waals surface area contributed by atoms with Gasteiger partial charge in [-0.15, -0.1) is 0 Å². The van der Waals surface area contributed by atoms with Crippen molar-refractivity contribution in [3.05, 3.63) is 59.1 Å². The Bertz CT molecular complexity index is 1700. The van der Waals surface area contributed by atoms with Crippen LogP contribution >= 0.6 is 11.6 Å². The summed E-state index contributed by atoms with van der Waals surface area (Å²) in [6.45, 7) is 4.14. The Kier molecular flexibility index (Phi) is 11.4. The lowest BCUT2D eigenvalue weighted by atomic mass is 10.1. The van der Waals surface area contributed by atoms with Gasteiger partial charge in [0.05, 0.1) is 11.0 Å². The van der Waals surface area contributed by atoms with Gasteiger partial charge < -0.3 is 35.8 Å². The third-order valence-electron chi connectivity index (χ3n) is 6.91. The van der Waals surface area contributed by atoms with Crippen molar-refractivity contribution < 1.29 is 43.3 Å². The molecule has 0 spiro atoms. The monoisotopic (exact) mass is 685 g/mol. The summed E-state index contributed by atoms with van der Waals surface area (Å²) in [4.78, 5) is 79.8. The number of imidazole rings is 1. The van der Waals surface area contributed by atoms with Gasteiger partial charge in [0.15, 0.2) is 0 Å². The number of hydrogen-bond donors (Lipinski definition) is 5. The van der Waals surface area contributed by atoms with Crippen LogP contribution in [0.4, 0.5) is 20.3 Å². The molecule has 0 unspecified atom stereocenters. The average molecular weight is 686 g/mol. The number of nitrogens with one attached hydrogen (secondary N) is 4. The predicted molar refractivity (Wildman–Crippen MR) is 172 cm³/mol. The molecular formula is C31H36ClN7O9. The number of rotatable bonds is 13. The molecule has 1 aliphatic rings. The second-order valence-corrected chi connectivity index (χ2v) is 12.1. The number of nitrogens with zero attached hydrogens (tertiary/aromatic N) is 3. The number of imide groups is 1. The molecular weight excluding hydrogens is 650 g/mol. The van der Waals surface area contributed by atoms with Gasteiger partial charge in [-0.2, -0.15) is 0 Å². The fourth-order valence-electron chi connectivity index (χ4n) is 4.62. The van der Waals surface area contributed by atoms with Crippen molar-refractivity contribution in [2.24, 2.45) is 0 Å². The predicted octanol–water partition coefficient (Wildman–Crippen LogP) is 3.08. The number of alkyl carbamates (subject to hydrolysis) is 1. The zero-order valence-electron chi connectivity index (χ0n) is 26.4. The molecule has 17 heteroatoms. The van der Waals surface area contributed by atoms with Crippen molar-refractivity contribution in [1.29, 1.82) is 0 Å². The highest BCUT2D eigenvalue weighted by Crippen LogP contribution is 2.22. The summed E-state index contributed by atoms with van der Waals surface area (Å²) in [5.74, 6) is -2.64. The van der Waals surface area contributed by atoms with Gasteiger partial charge in [0.1, 0.15) is 30.8 Å². The molecule has 2 atom stereocenters. The highest BCUT2D eigenvalue weighted by molar-refractivity contribution is 6.31. The van der Waals surface area contributed by atoms with Crippen LogP contribution in [0.2, 0.25) is 5.02 Å². The molecule has 1 aromatic heterocycles. The van der Waals surface area contributed by atoms with E-state index in [0.717, 1.165) is 4.90 Å². The summed E-state index contributed by atoms with van der Waals surface area (Å²) in [6.07, 6.45) is -1.06. The largest absolute Gasteiger partial charge is 0.480 e. The number of amides is 5. The second-order valence-electron chi connectivity index (χ2n) is 11.7. The molecule has 1 saturated heterocycles. The summed E-state index contributed by atoms with van der Waals surface area (Å²) in [5.41, 5.74) is 0.915. The first kappa shape index (κ1) is 35.5. The molecule has 3 aromatic rings. The van der Waals surface area contributed by atoms with Gasteiger partial charge in [0, 0.05) is 23.7 Å². The Morgan fingerprint density at radius 3 is 2.50 bits per heavy atom. The van der Waals surface area contributed by atoms with Crippen molar-refractivity contribution in [1.82, 2.24) is 30.4 Å². The lowest BCUT2D eigenvalue weighted by Gasteiger charge is -2.20. The number of fused-ring (bicyclic) bond motifs is 1. The van der Waals surface area contributed by atoms with Crippen LogP contribution in [0.25, 0.3) is 11.0 Å². The van der Waals surface area contributed by atoms with Crippen LogP contribution < -0.4 is 21.3 Å². The van der Waals surface area contributed by atoms with Gasteiger partial charge in [-0.3, -0.25) is 14.5 Å². The molecule has 0 bridgehead atoms. The molecule has 4 rings (SSSR count). The van der Waals surface area contributed by atoms with Gasteiger partial charge in [-0.1, -0.05) is 41.9 Å². The van der Waals surface area contributed by atoms with E-state index in [-0.39, 0.29) is 25.5 Å². The minimum absolute atomic E-state index is 0.207. The first-order valence-corrected chi connectivity index (χ1v) is 15.3. The fourth-order valence-corrected chi connectivity index (χ4v) is 4.81. The third kappa shape index (κ3) is 9.34. The minimum atomic E-state index is -1.56. The second kappa shape index (κ2) is 15.5. The summed E-state index contributed by atoms with van der Waals surface area (Å²) >= 11 is 6.02. The Balaban J connectivity index is 1.24. The lowest BCUT2D eigenvalue weighted by Crippen LogP contribution is -2.50. The van der Waals surface area contributed by atoms with Gasteiger partial charge >= 0.3 is 24.2 Å². The summed E-state index contributed by atoms with van der Waals surface area (Å²) in [6, 6.07) is 10.5. The summed E-state index contributed by atoms with van der Waals surface area (Å²) in [5, 5.41) is 19.9. The van der Waals surface area contributed by atoms with E-state index in [1.165, 1.54) is 4.57 Å². The van der Waals surface area contributed by atoms with Crippen molar-refractivity contribution >= 4 is 64.6 Å². The van der Waals surface area contributed by atoms with Crippen LogP contribution in [0.5, 0.6) is 0 Å². The summed E-state index contributed by atoms with van der Waals surface area (Å²) in [7, 11) is 0. The number of carbonyl (C=O) groups is 6. The molecule has 2 aromatic carbocycles. The number of hydrogen-bond acceptors (Lipinski definition) is 10. The zero-order valence-corrected chi connectivity index (χ0v) is 27.2. The van der Waals surface area contributed by atoms with Gasteiger partial charge in [0.2, 0.25) is 11.9 Å². The molecule has 2 heterocycles. The van der Waals surface area contributed by atoms with Crippen LogP contribution in [0.1, 0.15) is 39.2 Å². The number of aliphatic carboxylic acids is 1. The number of anilines is 1. The van der Waals surface area contributed by atoms with Crippen molar-refractivity contribution in [3.8, 4) is 0 Å². The molecule has 1 aliphatic heterocycles. The van der Waals surface area contributed by atoms with Crippen molar-refractivity contribution in [2.45, 2.75) is 57.9 Å². The van der Waals surface area contributed by atoms with E-state index in [2.05, 4.69) is 26.3 Å². The molecule has 0 aliphatic carbocycles. The number of halogens is 1. The molecule has 48 heavy (non-hydrogen) atoms. The smallest absolute Gasteiger partial charge is 0.421 e. The standard InChI is InChI=1S/C31H36ClN7O9/c1-31(2,3)48-30(46)39-23-13-7-6-11-20(23)35-27(39)33-14-8-12-21-25(41)38(28(44)36-21)16-24(40)34-15-22(26(42)43)37-29(45)47-17-18-9-4-5-10-19(18)32/h4-7,9-11,13,21-22H,8,12,14-17H2,1-3H3,(H,33,35)(H,34,40)(H,36,44)(H,37,45)(H,42,43)/t21-,22-/m0/s1. The Hall–Kier alpha value is -5.38. The van der Waals surface area contributed by atoms with Crippen LogP contribution in [-0.2, 0) is 30.5 Å². The highest BCUT2D eigenvalue weighted by atomic mass is 35.5. The fraction of sp³-hybridized carbons (Fsp3) is 0.387. The topological polar surface area (TPSA) is 210 Å². The first-order valence-electron chi connectivity index (χ1n) is 15.0. The number of para-hydroxylation sites is 2. The normalized spacial score (nSPS) is 15.1. The number of benzene rings is 2. The molecule has 256 valence electrons. The first-order chi connectivity index (χ1) is 22.7. The van der Waals surface area contributed by atoms with Gasteiger partial charge in [-0.05, 0) is 51.8 Å². The Morgan fingerprint density at radius 1 is 1.08 bits per heavy atom. The molecule has 0 saturated carbocycles. The highest BCUT2D eigenvalue weighted by Gasteiger charge is 2.38. The van der Waals surface area contributed by atoms with Crippen molar-refractivity contribution in [2.75, 3.05) is 25.0 Å². The molecule has 1 fully saturated rings. The maximum absolute atomic E-state index is 12.9. The van der Waals surface area contributed by atoms with Crippen LogP contribution in [0, 0.1) is 0 Å². The number of carboxylic acid groups (broad SMARTS) is 1. The quantitative estimate of drug-likeness (QED) is 0.130. The maximum atomic E-state index is 12.9. The van der Waals surface area contributed by atoms with E-state index in [4.69, 9.17) is 21.1 Å². The number of carbonyl (C=O) groups excluding carboxylic acids is 5. The van der Waals surface area contributed by atoms with Crippen LogP contribution in [-0.4, -0.2) is 92.9 Å². The number of urea groups is 1. The van der Waals surface area contributed by atoms with E-state index < -0.39 is 66.8 Å². The van der Waals surface area contributed by atoms with Crippen LogP contribution in [0.3, 0.4) is 0 Å². The Morgan fingerprint density at radius 2 is 1.79 bits per heavy atom. The average Bonchev–Trinajstić information content (AvgIpc) is 3.52. The van der Waals surface area contributed by atoms with Crippen molar-refractivity contribution in [3.63, 3.8) is 0 Å². The van der Waals surface area contributed by atoms with Crippen LogP contribution in [0.15, 0.2) is 48.5 Å². The van der Waals surface area contributed by atoms with E-state index in [1.54, 1.807) is 69.3 Å². The zero-order chi connectivity index (χ0) is 35.0. The SMILES string of the molecule is CC(C)(C)OC(=O)n1c(NCCC[C@@H]2NC(=O)N(CC(=O)NC[C@H](NC(=O)OCc3ccccc3Cl)C(=O)O)C2=O)nc2ccccc21. The van der Waals surface area contributed by atoms with E-state index in [0.29, 0.717) is 28.0 Å². The summed E-state index contributed by atoms with van der Waals surface area (Å²) < 4.78 is 11.9. The van der Waals surface area contributed by atoms with Gasteiger partial charge in [0.25, 0.3) is 5.91 Å². The number of carboxylic acids is 1. The number of ether oxygens (including phenoxy) is 2. The van der Waals surface area contributed by atoms with E-state index in [1.807, 2.05) is 0 Å². The molecule has 5 amide bonds. The van der Waals surface area contributed by atoms with E-state index >= 15 is 0 Å². The Labute approximate surface area is 280 Å². The molecule has 16 nitrogen and oxygen atoms in total. The molecule has 5 N–H and O–H groups in total. The third-order valence-corrected chi connectivity index (χ3v) is 7.28.